The molecule has 0 atom stereocenters. The van der Waals surface area contributed by atoms with Gasteiger partial charge in [0.15, 0.2) is 0 Å². The van der Waals surface area contributed by atoms with E-state index in [1.807, 2.05) is 0 Å². The Labute approximate surface area is 206 Å². The fourth-order valence-corrected chi connectivity index (χ4v) is 5.48. The third kappa shape index (κ3) is 7.40. The highest BCUT2D eigenvalue weighted by Gasteiger charge is 2.36. The Balaban J connectivity index is 0.00000108. The van der Waals surface area contributed by atoms with Crippen LogP contribution < -0.4 is 0 Å². The fourth-order valence-electron chi connectivity index (χ4n) is 5.48. The van der Waals surface area contributed by atoms with Crippen molar-refractivity contribution in [3.05, 3.63) is 29.1 Å². The molecule has 1 aromatic rings. The molecule has 9 heteroatoms. The minimum atomic E-state index is -4.43. The van der Waals surface area contributed by atoms with Crippen LogP contribution in [0.15, 0.2) is 12.3 Å². The molecule has 1 saturated carbocycles. The molecule has 1 N–H and O–H groups in total. The van der Waals surface area contributed by atoms with Crippen LogP contribution >= 0.6 is 0 Å². The molecule has 0 spiro atoms. The molecule has 35 heavy (non-hydrogen) atoms. The van der Waals surface area contributed by atoms with Crippen molar-refractivity contribution >= 4 is 5.91 Å². The minimum Gasteiger partial charge on any atom is -0.395 e. The number of fused-ring (bicyclic) bond motifs is 1. The summed E-state index contributed by atoms with van der Waals surface area (Å²) in [6.07, 6.45) is 3.49. The molecule has 198 valence electrons. The second-order valence-electron chi connectivity index (χ2n) is 9.85. The van der Waals surface area contributed by atoms with Crippen LogP contribution in [0, 0.1) is 5.92 Å². The molecule has 4 rings (SSSR count). The molecule has 1 aromatic heterocycles. The van der Waals surface area contributed by atoms with Crippen LogP contribution in [0.3, 0.4) is 0 Å². The predicted molar refractivity (Wildman–Crippen MR) is 128 cm³/mol. The van der Waals surface area contributed by atoms with E-state index < -0.39 is 11.7 Å². The zero-order valence-corrected chi connectivity index (χ0v) is 21.0. The minimum absolute atomic E-state index is 0.0475. The maximum atomic E-state index is 13.2. The highest BCUT2D eigenvalue weighted by molar-refractivity contribution is 5.79. The highest BCUT2D eigenvalue weighted by atomic mass is 19.4. The molecule has 3 aliphatic rings. The molecule has 0 aromatic carbocycles. The zero-order valence-electron chi connectivity index (χ0n) is 21.0. The first kappa shape index (κ1) is 27.9. The lowest BCUT2D eigenvalue weighted by atomic mass is 9.83. The van der Waals surface area contributed by atoms with Gasteiger partial charge in [-0.05, 0) is 50.2 Å². The molecular formula is C26H40F3N3O3. The monoisotopic (exact) mass is 499 g/mol. The van der Waals surface area contributed by atoms with Gasteiger partial charge in [-0.15, -0.1) is 0 Å². The summed E-state index contributed by atoms with van der Waals surface area (Å²) < 4.78 is 44.6. The first-order valence-corrected chi connectivity index (χ1v) is 13.1. The van der Waals surface area contributed by atoms with Crippen LogP contribution in [0.5, 0.6) is 0 Å². The normalized spacial score (nSPS) is 23.5. The van der Waals surface area contributed by atoms with Crippen LogP contribution in [0.1, 0.15) is 75.6 Å². The maximum absolute atomic E-state index is 13.2. The van der Waals surface area contributed by atoms with Gasteiger partial charge >= 0.3 is 6.18 Å². The van der Waals surface area contributed by atoms with Crippen molar-refractivity contribution in [2.75, 3.05) is 32.9 Å². The molecular weight excluding hydrogens is 459 g/mol. The maximum Gasteiger partial charge on any atom is 0.417 e. The van der Waals surface area contributed by atoms with Crippen molar-refractivity contribution < 1.29 is 27.8 Å². The van der Waals surface area contributed by atoms with Gasteiger partial charge < -0.3 is 14.7 Å². The lowest BCUT2D eigenvalue weighted by Crippen LogP contribution is -2.49. The van der Waals surface area contributed by atoms with E-state index in [0.29, 0.717) is 42.9 Å². The van der Waals surface area contributed by atoms with Gasteiger partial charge in [0.1, 0.15) is 0 Å². The van der Waals surface area contributed by atoms with Gasteiger partial charge in [0, 0.05) is 69.2 Å². The van der Waals surface area contributed by atoms with Crippen molar-refractivity contribution in [2.24, 2.45) is 5.92 Å². The lowest BCUT2D eigenvalue weighted by Gasteiger charge is -2.43. The average molecular weight is 500 g/mol. The van der Waals surface area contributed by atoms with Crippen LogP contribution in [-0.4, -0.2) is 70.8 Å². The van der Waals surface area contributed by atoms with Crippen molar-refractivity contribution in [3.63, 3.8) is 0 Å². The van der Waals surface area contributed by atoms with Gasteiger partial charge in [0.25, 0.3) is 0 Å². The number of aliphatic hydroxyl groups is 1. The van der Waals surface area contributed by atoms with E-state index >= 15 is 0 Å². The number of aliphatic hydroxyl groups excluding tert-OH is 1. The molecule has 1 saturated heterocycles. The van der Waals surface area contributed by atoms with E-state index in [1.54, 1.807) is 4.90 Å². The third-order valence-electron chi connectivity index (χ3n) is 7.21. The fraction of sp³-hybridized carbons (Fsp3) is 0.769. The Morgan fingerprint density at radius 2 is 1.77 bits per heavy atom. The van der Waals surface area contributed by atoms with Crippen LogP contribution in [-0.2, 0) is 28.7 Å². The number of carbonyl (C=O) groups excluding carboxylic acids is 1. The summed E-state index contributed by atoms with van der Waals surface area (Å²) in [4.78, 5) is 21.3. The van der Waals surface area contributed by atoms with E-state index in [1.165, 1.54) is 6.42 Å². The topological polar surface area (TPSA) is 65.9 Å². The summed E-state index contributed by atoms with van der Waals surface area (Å²) in [5.74, 6) is -0.0384. The number of hydrogen-bond acceptors (Lipinski definition) is 5. The van der Waals surface area contributed by atoms with E-state index in [2.05, 4.69) is 23.7 Å². The molecule has 1 amide bonds. The molecule has 2 fully saturated rings. The van der Waals surface area contributed by atoms with E-state index in [9.17, 15) is 23.1 Å². The van der Waals surface area contributed by atoms with E-state index in [-0.39, 0.29) is 25.0 Å². The predicted octanol–water partition coefficient (Wildman–Crippen LogP) is 4.43. The lowest BCUT2D eigenvalue weighted by molar-refractivity contribution is -0.138. The van der Waals surface area contributed by atoms with Crippen molar-refractivity contribution in [2.45, 2.75) is 90.0 Å². The second-order valence-corrected chi connectivity index (χ2v) is 9.85. The van der Waals surface area contributed by atoms with Gasteiger partial charge in [0.2, 0.25) is 5.91 Å². The van der Waals surface area contributed by atoms with Crippen molar-refractivity contribution in [1.29, 1.82) is 0 Å². The van der Waals surface area contributed by atoms with Crippen LogP contribution in [0.4, 0.5) is 13.2 Å². The van der Waals surface area contributed by atoms with Crippen LogP contribution in [0.25, 0.3) is 0 Å². The van der Waals surface area contributed by atoms with Gasteiger partial charge in [-0.25, -0.2) is 0 Å². The van der Waals surface area contributed by atoms with Gasteiger partial charge in [-0.3, -0.25) is 14.7 Å². The van der Waals surface area contributed by atoms with E-state index in [0.717, 1.165) is 64.0 Å². The first-order chi connectivity index (χ1) is 16.8. The summed E-state index contributed by atoms with van der Waals surface area (Å²) in [5.41, 5.74) is 0.395. The van der Waals surface area contributed by atoms with E-state index in [4.69, 9.17) is 4.74 Å². The molecule has 6 nitrogen and oxygen atoms in total. The standard InChI is InChI=1S/C23H32F3N3O3.C3H8/c24-23(25,26)18-13-17-15-28(8-5-21(17)27-14-18)22(31)16-1-3-19(4-2-16)29(9-10-30)20-6-11-32-12-7-20;1-3-2/h13-14,16,19-20,30H,1-12,15H2;3H2,1-2H3. The number of hydrogen-bond donors (Lipinski definition) is 1. The van der Waals surface area contributed by atoms with Gasteiger partial charge in [0.05, 0.1) is 12.2 Å². The number of halogens is 3. The number of carbonyl (C=O) groups is 1. The number of aromatic nitrogens is 1. The molecule has 2 aliphatic heterocycles. The zero-order chi connectivity index (χ0) is 25.4. The quantitative estimate of drug-likeness (QED) is 0.649. The summed E-state index contributed by atoms with van der Waals surface area (Å²) in [6, 6.07) is 1.91. The number of pyridine rings is 1. The summed E-state index contributed by atoms with van der Waals surface area (Å²) in [7, 11) is 0. The largest absolute Gasteiger partial charge is 0.417 e. The number of ether oxygens (including phenoxy) is 1. The Hall–Kier alpha value is -1.71. The Morgan fingerprint density at radius 1 is 1.14 bits per heavy atom. The van der Waals surface area contributed by atoms with Crippen molar-refractivity contribution in [1.82, 2.24) is 14.8 Å². The number of alkyl halides is 3. The highest BCUT2D eigenvalue weighted by Crippen LogP contribution is 2.34. The number of nitrogens with zero attached hydrogens (tertiary/aromatic N) is 3. The molecule has 0 unspecified atom stereocenters. The Morgan fingerprint density at radius 3 is 2.37 bits per heavy atom. The second kappa shape index (κ2) is 13.0. The first-order valence-electron chi connectivity index (χ1n) is 13.1. The van der Waals surface area contributed by atoms with Crippen LogP contribution in [0.2, 0.25) is 0 Å². The Bertz CT molecular complexity index is 807. The third-order valence-corrected chi connectivity index (χ3v) is 7.21. The van der Waals surface area contributed by atoms with Gasteiger partial charge in [-0.2, -0.15) is 13.2 Å². The van der Waals surface area contributed by atoms with Gasteiger partial charge in [-0.1, -0.05) is 20.3 Å². The summed E-state index contributed by atoms with van der Waals surface area (Å²) in [5, 5.41) is 9.55. The number of amides is 1. The SMILES string of the molecule is CCC.O=C(C1CCC(N(CCO)C2CCOCC2)CC1)N1CCc2ncc(C(F)(F)F)cc2C1. The molecule has 1 aliphatic carbocycles. The molecule has 0 radical (unpaired) electrons. The summed E-state index contributed by atoms with van der Waals surface area (Å²) in [6.45, 7) is 7.22. The average Bonchev–Trinajstić information content (AvgIpc) is 2.87. The van der Waals surface area contributed by atoms with Crippen molar-refractivity contribution in [3.8, 4) is 0 Å². The Kier molecular flexibility index (Phi) is 10.4. The summed E-state index contributed by atoms with van der Waals surface area (Å²) >= 11 is 0. The smallest absolute Gasteiger partial charge is 0.395 e. The molecule has 3 heterocycles. The molecule has 0 bridgehead atoms. The number of rotatable bonds is 5.